The number of nitrogens with zero attached hydrogens (tertiary/aromatic N) is 1. The molecule has 5 heteroatoms. The van der Waals surface area contributed by atoms with Gasteiger partial charge in [-0.15, -0.1) is 0 Å². The zero-order valence-corrected chi connectivity index (χ0v) is 15.4. The molecule has 1 saturated carbocycles. The van der Waals surface area contributed by atoms with Crippen LogP contribution in [0.1, 0.15) is 42.1 Å². The second-order valence-corrected chi connectivity index (χ2v) is 7.45. The van der Waals surface area contributed by atoms with E-state index in [9.17, 15) is 4.79 Å². The average molecular weight is 365 g/mol. The predicted molar refractivity (Wildman–Crippen MR) is 103 cm³/mol. The van der Waals surface area contributed by atoms with Crippen molar-refractivity contribution in [2.45, 2.75) is 37.5 Å². The van der Waals surface area contributed by atoms with E-state index in [1.165, 1.54) is 23.4 Å². The standard InChI is InChI=1S/C22H23NO4/c1-25-21(24)15-6-7-18-17-4-2-3-5-19(17)23(20(18)14-15)16-8-10-22(11-9-16)26-12-13-27-22/h2-7,14,16H,8-13H2,1H3. The maximum absolute atomic E-state index is 12.1. The summed E-state index contributed by atoms with van der Waals surface area (Å²) in [6, 6.07) is 14.7. The van der Waals surface area contributed by atoms with Crippen molar-refractivity contribution in [3.05, 3.63) is 48.0 Å². The van der Waals surface area contributed by atoms with Crippen LogP contribution in [-0.2, 0) is 14.2 Å². The Hall–Kier alpha value is -2.37. The van der Waals surface area contributed by atoms with Crippen LogP contribution < -0.4 is 0 Å². The molecule has 5 rings (SSSR count). The molecular weight excluding hydrogens is 342 g/mol. The molecule has 140 valence electrons. The quantitative estimate of drug-likeness (QED) is 0.630. The molecule has 1 aliphatic carbocycles. The Morgan fingerprint density at radius 3 is 2.48 bits per heavy atom. The summed E-state index contributed by atoms with van der Waals surface area (Å²) in [5.41, 5.74) is 2.89. The van der Waals surface area contributed by atoms with Gasteiger partial charge in [0.15, 0.2) is 5.79 Å². The third kappa shape index (κ3) is 2.65. The monoisotopic (exact) mass is 365 g/mol. The minimum absolute atomic E-state index is 0.302. The molecule has 2 fully saturated rings. The summed E-state index contributed by atoms with van der Waals surface area (Å²) in [4.78, 5) is 12.1. The molecule has 1 aromatic heterocycles. The first-order valence-electron chi connectivity index (χ1n) is 9.60. The fourth-order valence-corrected chi connectivity index (χ4v) is 4.72. The van der Waals surface area contributed by atoms with Crippen molar-refractivity contribution in [1.82, 2.24) is 4.57 Å². The van der Waals surface area contributed by atoms with Crippen LogP contribution >= 0.6 is 0 Å². The molecule has 2 heterocycles. The number of methoxy groups -OCH3 is 1. The van der Waals surface area contributed by atoms with E-state index >= 15 is 0 Å². The first-order chi connectivity index (χ1) is 13.2. The summed E-state index contributed by atoms with van der Waals surface area (Å²) in [6.07, 6.45) is 3.80. The van der Waals surface area contributed by atoms with Crippen molar-refractivity contribution in [2.75, 3.05) is 20.3 Å². The van der Waals surface area contributed by atoms with Crippen LogP contribution in [0.5, 0.6) is 0 Å². The summed E-state index contributed by atoms with van der Waals surface area (Å²) in [7, 11) is 1.42. The number of hydrogen-bond donors (Lipinski definition) is 0. The Labute approximate surface area is 157 Å². The molecule has 0 atom stereocenters. The van der Waals surface area contributed by atoms with Gasteiger partial charge in [0.2, 0.25) is 0 Å². The molecule has 2 aliphatic rings. The van der Waals surface area contributed by atoms with Gasteiger partial charge < -0.3 is 18.8 Å². The van der Waals surface area contributed by atoms with Crippen molar-refractivity contribution in [3.63, 3.8) is 0 Å². The van der Waals surface area contributed by atoms with Crippen LogP contribution in [-0.4, -0.2) is 36.6 Å². The number of rotatable bonds is 2. The van der Waals surface area contributed by atoms with Gasteiger partial charge in [0.25, 0.3) is 0 Å². The molecule has 1 aliphatic heterocycles. The Morgan fingerprint density at radius 2 is 1.74 bits per heavy atom. The molecule has 27 heavy (non-hydrogen) atoms. The van der Waals surface area contributed by atoms with E-state index in [1.807, 2.05) is 18.2 Å². The highest BCUT2D eigenvalue weighted by atomic mass is 16.7. The summed E-state index contributed by atoms with van der Waals surface area (Å²) in [5, 5.41) is 2.39. The van der Waals surface area contributed by atoms with E-state index in [0.29, 0.717) is 24.8 Å². The summed E-state index contributed by atoms with van der Waals surface area (Å²) in [5.74, 6) is -0.670. The molecule has 0 unspecified atom stereocenters. The van der Waals surface area contributed by atoms with E-state index in [4.69, 9.17) is 14.2 Å². The summed E-state index contributed by atoms with van der Waals surface area (Å²) >= 11 is 0. The smallest absolute Gasteiger partial charge is 0.337 e. The lowest BCUT2D eigenvalue weighted by Gasteiger charge is -2.36. The maximum Gasteiger partial charge on any atom is 0.337 e. The van der Waals surface area contributed by atoms with Gasteiger partial charge >= 0.3 is 5.97 Å². The fourth-order valence-electron chi connectivity index (χ4n) is 4.72. The number of aromatic nitrogens is 1. The zero-order valence-electron chi connectivity index (χ0n) is 15.4. The lowest BCUT2D eigenvalue weighted by atomic mass is 9.89. The number of carbonyl (C=O) groups is 1. The number of ether oxygens (including phenoxy) is 3. The number of para-hydroxylation sites is 1. The Morgan fingerprint density at radius 1 is 1.04 bits per heavy atom. The van der Waals surface area contributed by atoms with Gasteiger partial charge in [-0.1, -0.05) is 24.3 Å². The van der Waals surface area contributed by atoms with E-state index < -0.39 is 0 Å². The molecule has 0 bridgehead atoms. The number of esters is 1. The number of fused-ring (bicyclic) bond motifs is 3. The Kier molecular flexibility index (Phi) is 3.95. The first kappa shape index (κ1) is 16.8. The van der Waals surface area contributed by atoms with Crippen LogP contribution in [0.25, 0.3) is 21.8 Å². The highest BCUT2D eigenvalue weighted by molar-refractivity contribution is 6.09. The van der Waals surface area contributed by atoms with Crippen LogP contribution in [0.15, 0.2) is 42.5 Å². The molecule has 0 N–H and O–H groups in total. The van der Waals surface area contributed by atoms with Gasteiger partial charge in [0.05, 0.1) is 31.4 Å². The zero-order chi connectivity index (χ0) is 18.4. The molecule has 5 nitrogen and oxygen atoms in total. The molecule has 0 amide bonds. The minimum Gasteiger partial charge on any atom is -0.465 e. The van der Waals surface area contributed by atoms with Crippen LogP contribution in [0.4, 0.5) is 0 Å². The molecular formula is C22H23NO4. The second kappa shape index (κ2) is 6.36. The third-order valence-corrected chi connectivity index (χ3v) is 6.03. The Bertz CT molecular complexity index is 1010. The predicted octanol–water partition coefficient (Wildman–Crippen LogP) is 4.44. The Balaban J connectivity index is 1.62. The highest BCUT2D eigenvalue weighted by Gasteiger charge is 2.41. The first-order valence-corrected chi connectivity index (χ1v) is 9.60. The topological polar surface area (TPSA) is 49.7 Å². The van der Waals surface area contributed by atoms with E-state index in [2.05, 4.69) is 28.8 Å². The lowest BCUT2D eigenvalue weighted by Crippen LogP contribution is -2.35. The highest BCUT2D eigenvalue weighted by Crippen LogP contribution is 2.43. The van der Waals surface area contributed by atoms with Gasteiger partial charge in [-0.25, -0.2) is 4.79 Å². The minimum atomic E-state index is -0.369. The van der Waals surface area contributed by atoms with Crippen molar-refractivity contribution in [3.8, 4) is 0 Å². The molecule has 2 aromatic carbocycles. The SMILES string of the molecule is COC(=O)c1ccc2c3ccccc3n(C3CCC4(CC3)OCCO4)c2c1. The van der Waals surface area contributed by atoms with Crippen LogP contribution in [0.3, 0.4) is 0 Å². The van der Waals surface area contributed by atoms with E-state index in [0.717, 1.165) is 31.2 Å². The van der Waals surface area contributed by atoms with Crippen molar-refractivity contribution < 1.29 is 19.0 Å². The second-order valence-electron chi connectivity index (χ2n) is 7.45. The number of benzene rings is 2. The fraction of sp³-hybridized carbons (Fsp3) is 0.409. The third-order valence-electron chi connectivity index (χ3n) is 6.03. The molecule has 3 aromatic rings. The van der Waals surface area contributed by atoms with Crippen molar-refractivity contribution in [1.29, 1.82) is 0 Å². The van der Waals surface area contributed by atoms with Crippen molar-refractivity contribution >= 4 is 27.8 Å². The molecule has 1 spiro atoms. The van der Waals surface area contributed by atoms with Crippen molar-refractivity contribution in [2.24, 2.45) is 0 Å². The van der Waals surface area contributed by atoms with Gasteiger partial charge in [0, 0.05) is 35.2 Å². The number of hydrogen-bond acceptors (Lipinski definition) is 4. The summed E-state index contributed by atoms with van der Waals surface area (Å²) in [6.45, 7) is 1.39. The number of carbonyl (C=O) groups excluding carboxylic acids is 1. The van der Waals surface area contributed by atoms with Crippen LogP contribution in [0.2, 0.25) is 0 Å². The maximum atomic E-state index is 12.1. The van der Waals surface area contributed by atoms with Gasteiger partial charge in [-0.2, -0.15) is 0 Å². The van der Waals surface area contributed by atoms with E-state index in [-0.39, 0.29) is 11.8 Å². The van der Waals surface area contributed by atoms with Gasteiger partial charge in [-0.3, -0.25) is 0 Å². The van der Waals surface area contributed by atoms with Gasteiger partial charge in [-0.05, 0) is 31.0 Å². The van der Waals surface area contributed by atoms with Gasteiger partial charge in [0.1, 0.15) is 0 Å². The van der Waals surface area contributed by atoms with E-state index in [1.54, 1.807) is 0 Å². The average Bonchev–Trinajstić information content (AvgIpc) is 3.30. The molecule has 0 radical (unpaired) electrons. The lowest BCUT2D eigenvalue weighted by molar-refractivity contribution is -0.181. The largest absolute Gasteiger partial charge is 0.465 e. The van der Waals surface area contributed by atoms with Crippen LogP contribution in [0, 0.1) is 0 Å². The normalized spacial score (nSPS) is 19.9. The molecule has 1 saturated heterocycles. The summed E-state index contributed by atoms with van der Waals surface area (Å²) < 4.78 is 19.1.